The zero-order valence-corrected chi connectivity index (χ0v) is 12.8. The molecule has 21 heavy (non-hydrogen) atoms. The topological polar surface area (TPSA) is 50.4 Å². The fraction of sp³-hybridized carbons (Fsp3) is 0.588. The lowest BCUT2D eigenvalue weighted by Crippen LogP contribution is -2.32. The van der Waals surface area contributed by atoms with E-state index in [1.807, 2.05) is 12.1 Å². The van der Waals surface area contributed by atoms with Crippen LogP contribution in [0.1, 0.15) is 38.7 Å². The Morgan fingerprint density at radius 2 is 2.24 bits per heavy atom. The van der Waals surface area contributed by atoms with Crippen LogP contribution in [0.4, 0.5) is 5.69 Å². The highest BCUT2D eigenvalue weighted by Crippen LogP contribution is 2.34. The average Bonchev–Trinajstić information content (AvgIpc) is 2.85. The van der Waals surface area contributed by atoms with Crippen LogP contribution in [-0.4, -0.2) is 18.6 Å². The van der Waals surface area contributed by atoms with Gasteiger partial charge >= 0.3 is 0 Å². The summed E-state index contributed by atoms with van der Waals surface area (Å²) in [7, 11) is 0. The molecule has 0 radical (unpaired) electrons. The van der Waals surface area contributed by atoms with Crippen LogP contribution in [-0.2, 0) is 11.3 Å². The van der Waals surface area contributed by atoms with Gasteiger partial charge in [0.2, 0.25) is 0 Å². The quantitative estimate of drug-likeness (QED) is 0.895. The Kier molecular flexibility index (Phi) is 4.15. The number of amides is 1. The summed E-state index contributed by atoms with van der Waals surface area (Å²) in [5.74, 6) is 2.29. The molecule has 114 valence electrons. The summed E-state index contributed by atoms with van der Waals surface area (Å²) in [6.45, 7) is 5.60. The van der Waals surface area contributed by atoms with Gasteiger partial charge in [-0.1, -0.05) is 26.3 Å². The van der Waals surface area contributed by atoms with E-state index in [0.29, 0.717) is 6.04 Å². The summed E-state index contributed by atoms with van der Waals surface area (Å²) in [6.07, 6.45) is 3.88. The van der Waals surface area contributed by atoms with E-state index in [2.05, 4.69) is 30.5 Å². The van der Waals surface area contributed by atoms with Crippen LogP contribution >= 0.6 is 0 Å². The molecule has 0 saturated heterocycles. The van der Waals surface area contributed by atoms with Crippen LogP contribution in [0.5, 0.6) is 5.75 Å². The van der Waals surface area contributed by atoms with E-state index in [9.17, 15) is 4.79 Å². The third-order valence-electron chi connectivity index (χ3n) is 5.00. The number of nitrogens with one attached hydrogen (secondary N) is 2. The Balaban J connectivity index is 1.61. The smallest absolute Gasteiger partial charge is 0.262 e. The van der Waals surface area contributed by atoms with Crippen molar-refractivity contribution in [3.05, 3.63) is 23.8 Å². The van der Waals surface area contributed by atoms with E-state index < -0.39 is 0 Å². The van der Waals surface area contributed by atoms with Gasteiger partial charge in [0.15, 0.2) is 6.61 Å². The first kappa shape index (κ1) is 14.4. The lowest BCUT2D eigenvalue weighted by Gasteiger charge is -2.22. The number of hydrogen-bond acceptors (Lipinski definition) is 3. The molecule has 0 spiro atoms. The van der Waals surface area contributed by atoms with Gasteiger partial charge in [-0.3, -0.25) is 4.79 Å². The molecule has 2 aliphatic rings. The molecule has 1 heterocycles. The molecule has 3 atom stereocenters. The molecular weight excluding hydrogens is 264 g/mol. The molecule has 0 aromatic heterocycles. The van der Waals surface area contributed by atoms with Crippen LogP contribution in [0.2, 0.25) is 0 Å². The van der Waals surface area contributed by atoms with Gasteiger partial charge in [-0.25, -0.2) is 0 Å². The largest absolute Gasteiger partial charge is 0.482 e. The van der Waals surface area contributed by atoms with Gasteiger partial charge in [0.05, 0.1) is 5.69 Å². The maximum atomic E-state index is 11.4. The maximum Gasteiger partial charge on any atom is 0.262 e. The van der Waals surface area contributed by atoms with Gasteiger partial charge in [0.1, 0.15) is 5.75 Å². The fourth-order valence-corrected chi connectivity index (χ4v) is 3.60. The lowest BCUT2D eigenvalue weighted by molar-refractivity contribution is -0.118. The Hall–Kier alpha value is -1.55. The number of carbonyl (C=O) groups is 1. The first-order chi connectivity index (χ1) is 10.2. The highest BCUT2D eigenvalue weighted by atomic mass is 16.5. The molecule has 1 amide bonds. The second kappa shape index (κ2) is 6.06. The number of hydrogen-bond donors (Lipinski definition) is 2. The number of anilines is 1. The zero-order valence-electron chi connectivity index (χ0n) is 12.8. The van der Waals surface area contributed by atoms with Crippen LogP contribution < -0.4 is 15.4 Å². The second-order valence-corrected chi connectivity index (χ2v) is 6.26. The van der Waals surface area contributed by atoms with E-state index in [1.165, 1.54) is 24.8 Å². The average molecular weight is 288 g/mol. The molecule has 4 heteroatoms. The highest BCUT2D eigenvalue weighted by molar-refractivity contribution is 5.95. The third kappa shape index (κ3) is 3.05. The first-order valence-corrected chi connectivity index (χ1v) is 7.96. The predicted octanol–water partition coefficient (Wildman–Crippen LogP) is 2.93. The number of rotatable bonds is 4. The van der Waals surface area contributed by atoms with Crippen molar-refractivity contribution in [3.8, 4) is 5.75 Å². The number of benzene rings is 1. The van der Waals surface area contributed by atoms with Crippen molar-refractivity contribution < 1.29 is 9.53 Å². The summed E-state index contributed by atoms with van der Waals surface area (Å²) in [5, 5.41) is 6.54. The number of fused-ring (bicyclic) bond motifs is 1. The van der Waals surface area contributed by atoms with Crippen molar-refractivity contribution in [1.29, 1.82) is 0 Å². The molecule has 1 aromatic rings. The van der Waals surface area contributed by atoms with Crippen molar-refractivity contribution in [2.75, 3.05) is 11.9 Å². The monoisotopic (exact) mass is 288 g/mol. The van der Waals surface area contributed by atoms with Gasteiger partial charge in [-0.2, -0.15) is 0 Å². The Morgan fingerprint density at radius 1 is 1.38 bits per heavy atom. The highest BCUT2D eigenvalue weighted by Gasteiger charge is 2.30. The Labute approximate surface area is 126 Å². The molecule has 1 aliphatic heterocycles. The lowest BCUT2D eigenvalue weighted by atomic mass is 9.93. The van der Waals surface area contributed by atoms with Crippen molar-refractivity contribution in [2.24, 2.45) is 11.8 Å². The van der Waals surface area contributed by atoms with Crippen molar-refractivity contribution in [1.82, 2.24) is 5.32 Å². The minimum atomic E-state index is -0.0807. The molecule has 0 bridgehead atoms. The van der Waals surface area contributed by atoms with Gasteiger partial charge in [-0.05, 0) is 42.4 Å². The van der Waals surface area contributed by atoms with Crippen molar-refractivity contribution in [2.45, 2.75) is 45.7 Å². The first-order valence-electron chi connectivity index (χ1n) is 7.96. The third-order valence-corrected chi connectivity index (χ3v) is 5.00. The number of ether oxygens (including phenoxy) is 1. The minimum absolute atomic E-state index is 0.0807. The maximum absolute atomic E-state index is 11.4. The molecule has 4 nitrogen and oxygen atoms in total. The fourth-order valence-electron chi connectivity index (χ4n) is 3.60. The number of carbonyl (C=O) groups excluding carboxylic acids is 1. The van der Waals surface area contributed by atoms with E-state index in [4.69, 9.17) is 4.74 Å². The van der Waals surface area contributed by atoms with Crippen LogP contribution in [0, 0.1) is 11.8 Å². The van der Waals surface area contributed by atoms with Gasteiger partial charge < -0.3 is 15.4 Å². The van der Waals surface area contributed by atoms with Crippen molar-refractivity contribution in [3.63, 3.8) is 0 Å². The summed E-state index contributed by atoms with van der Waals surface area (Å²) in [4.78, 5) is 11.4. The minimum Gasteiger partial charge on any atom is -0.482 e. The molecule has 3 unspecified atom stereocenters. The van der Waals surface area contributed by atoms with Crippen LogP contribution in [0.15, 0.2) is 18.2 Å². The molecule has 1 fully saturated rings. The van der Waals surface area contributed by atoms with E-state index >= 15 is 0 Å². The molecule has 2 N–H and O–H groups in total. The Morgan fingerprint density at radius 3 is 3.00 bits per heavy atom. The van der Waals surface area contributed by atoms with Gasteiger partial charge in [-0.15, -0.1) is 0 Å². The summed E-state index contributed by atoms with van der Waals surface area (Å²) in [6, 6.07) is 6.63. The molecular formula is C17H24N2O2. The summed E-state index contributed by atoms with van der Waals surface area (Å²) in [5.41, 5.74) is 1.98. The molecule has 1 aromatic carbocycles. The zero-order chi connectivity index (χ0) is 14.8. The van der Waals surface area contributed by atoms with E-state index in [1.54, 1.807) is 0 Å². The normalized spacial score (nSPS) is 27.9. The van der Waals surface area contributed by atoms with E-state index in [-0.39, 0.29) is 12.5 Å². The summed E-state index contributed by atoms with van der Waals surface area (Å²) >= 11 is 0. The summed E-state index contributed by atoms with van der Waals surface area (Å²) < 4.78 is 5.38. The molecule has 1 saturated carbocycles. The van der Waals surface area contributed by atoms with Crippen molar-refractivity contribution >= 4 is 11.6 Å². The Bertz CT molecular complexity index is 530. The standard InChI is InChI=1S/C17H24N2O2/c1-3-13-5-6-14(11(13)2)18-9-12-4-7-16-15(8-12)19-17(20)10-21-16/h4,7-8,11,13-14,18H,3,5-6,9-10H2,1-2H3,(H,19,20). The van der Waals surface area contributed by atoms with Gasteiger partial charge in [0, 0.05) is 12.6 Å². The second-order valence-electron chi connectivity index (χ2n) is 6.26. The van der Waals surface area contributed by atoms with Gasteiger partial charge in [0.25, 0.3) is 5.91 Å². The molecule has 3 rings (SSSR count). The van der Waals surface area contributed by atoms with Crippen LogP contribution in [0.25, 0.3) is 0 Å². The SMILES string of the molecule is CCC1CCC(NCc2ccc3c(c2)NC(=O)CO3)C1C. The molecule has 1 aliphatic carbocycles. The van der Waals surface area contributed by atoms with E-state index in [0.717, 1.165) is 29.8 Å². The van der Waals surface area contributed by atoms with Crippen LogP contribution in [0.3, 0.4) is 0 Å². The predicted molar refractivity (Wildman–Crippen MR) is 83.4 cm³/mol.